The predicted octanol–water partition coefficient (Wildman–Crippen LogP) is 2.68. The number of aryl methyl sites for hydroxylation is 1. The molecule has 1 heterocycles. The van der Waals surface area contributed by atoms with Crippen LogP contribution in [0.1, 0.15) is 34.2 Å². The van der Waals surface area contributed by atoms with E-state index < -0.39 is 17.6 Å². The molecule has 2 rings (SSSR count). The fourth-order valence-electron chi connectivity index (χ4n) is 2.18. The van der Waals surface area contributed by atoms with Gasteiger partial charge in [0, 0.05) is 7.05 Å². The van der Waals surface area contributed by atoms with Gasteiger partial charge in [0.25, 0.3) is 5.91 Å². The second-order valence-corrected chi connectivity index (χ2v) is 4.67. The van der Waals surface area contributed by atoms with Crippen LogP contribution < -0.4 is 5.32 Å². The van der Waals surface area contributed by atoms with Gasteiger partial charge < -0.3 is 5.32 Å². The van der Waals surface area contributed by atoms with Crippen molar-refractivity contribution in [1.82, 2.24) is 15.1 Å². The summed E-state index contributed by atoms with van der Waals surface area (Å²) < 4.78 is 39.6. The predicted molar refractivity (Wildman–Crippen MR) is 76.0 cm³/mol. The summed E-state index contributed by atoms with van der Waals surface area (Å²) in [6.45, 7) is 1.74. The molecule has 0 bridgehead atoms. The number of hydrogen-bond acceptors (Lipinski definition) is 3. The van der Waals surface area contributed by atoms with Gasteiger partial charge in [-0.2, -0.15) is 23.5 Å². The first-order chi connectivity index (χ1) is 10.8. The molecule has 1 aromatic carbocycles. The number of amides is 1. The number of rotatable bonds is 3. The summed E-state index contributed by atoms with van der Waals surface area (Å²) in [6.07, 6.45) is -4.14. The number of aromatic nitrogens is 2. The number of nitrogens with one attached hydrogen (secondary N) is 1. The quantitative estimate of drug-likeness (QED) is 0.944. The maximum absolute atomic E-state index is 12.8. The van der Waals surface area contributed by atoms with E-state index in [0.29, 0.717) is 12.1 Å². The Morgan fingerprint density at radius 3 is 2.65 bits per heavy atom. The number of carbonyl (C=O) groups excluding carboxylic acids is 1. The zero-order valence-corrected chi connectivity index (χ0v) is 12.4. The highest BCUT2D eigenvalue weighted by Crippen LogP contribution is 2.31. The van der Waals surface area contributed by atoms with Crippen LogP contribution in [-0.4, -0.2) is 22.7 Å². The van der Waals surface area contributed by atoms with Gasteiger partial charge in [-0.15, -0.1) is 0 Å². The number of nitriles is 1. The highest BCUT2D eigenvalue weighted by molar-refractivity contribution is 5.97. The van der Waals surface area contributed by atoms with E-state index in [1.54, 1.807) is 6.92 Å². The lowest BCUT2D eigenvalue weighted by Crippen LogP contribution is -2.20. The Kier molecular flexibility index (Phi) is 4.40. The van der Waals surface area contributed by atoms with E-state index in [1.165, 1.54) is 19.2 Å². The molecule has 0 aliphatic heterocycles. The third-order valence-electron chi connectivity index (χ3n) is 3.27. The topological polar surface area (TPSA) is 70.7 Å². The monoisotopic (exact) mass is 322 g/mol. The van der Waals surface area contributed by atoms with Crippen LogP contribution in [0.3, 0.4) is 0 Å². The molecule has 1 amide bonds. The minimum Gasteiger partial charge on any atom is -0.355 e. The number of hydrogen-bond donors (Lipinski definition) is 1. The molecule has 0 aliphatic rings. The Balaban J connectivity index is 2.68. The SMILES string of the molecule is CCc1nn(-c2cccc(C(F)(F)F)c2)c(C#N)c1C(=O)NC. The Hall–Kier alpha value is -2.82. The molecule has 0 saturated heterocycles. The summed E-state index contributed by atoms with van der Waals surface area (Å²) in [5, 5.41) is 15.9. The summed E-state index contributed by atoms with van der Waals surface area (Å²) >= 11 is 0. The fourth-order valence-corrected chi connectivity index (χ4v) is 2.18. The van der Waals surface area contributed by atoms with Crippen LogP contribution in [0.2, 0.25) is 0 Å². The minimum atomic E-state index is -4.51. The zero-order chi connectivity index (χ0) is 17.2. The first kappa shape index (κ1) is 16.5. The Morgan fingerprint density at radius 2 is 2.13 bits per heavy atom. The van der Waals surface area contributed by atoms with Crippen LogP contribution in [0, 0.1) is 11.3 Å². The van der Waals surface area contributed by atoms with E-state index >= 15 is 0 Å². The minimum absolute atomic E-state index is 0.0706. The molecule has 0 saturated carbocycles. The normalized spacial score (nSPS) is 11.1. The fraction of sp³-hybridized carbons (Fsp3) is 0.267. The van der Waals surface area contributed by atoms with Crippen molar-refractivity contribution >= 4 is 5.91 Å². The molecule has 0 atom stereocenters. The summed E-state index contributed by atoms with van der Waals surface area (Å²) in [4.78, 5) is 11.9. The van der Waals surface area contributed by atoms with E-state index in [0.717, 1.165) is 16.8 Å². The van der Waals surface area contributed by atoms with Crippen molar-refractivity contribution < 1.29 is 18.0 Å². The van der Waals surface area contributed by atoms with Crippen LogP contribution in [0.25, 0.3) is 5.69 Å². The van der Waals surface area contributed by atoms with Crippen LogP contribution in [-0.2, 0) is 12.6 Å². The molecular weight excluding hydrogens is 309 g/mol. The highest BCUT2D eigenvalue weighted by Gasteiger charge is 2.31. The molecule has 0 spiro atoms. The first-order valence-corrected chi connectivity index (χ1v) is 6.75. The second-order valence-electron chi connectivity index (χ2n) is 4.67. The number of carbonyl (C=O) groups is 1. The molecule has 0 radical (unpaired) electrons. The Morgan fingerprint density at radius 1 is 1.43 bits per heavy atom. The molecule has 1 N–H and O–H groups in total. The van der Waals surface area contributed by atoms with Crippen molar-refractivity contribution in [2.24, 2.45) is 0 Å². The molecule has 0 unspecified atom stereocenters. The van der Waals surface area contributed by atoms with Crippen LogP contribution in [0.15, 0.2) is 24.3 Å². The van der Waals surface area contributed by atoms with Gasteiger partial charge in [0.2, 0.25) is 0 Å². The number of nitrogens with zero attached hydrogens (tertiary/aromatic N) is 3. The molecule has 0 fully saturated rings. The molecule has 120 valence electrons. The maximum atomic E-state index is 12.8. The van der Waals surface area contributed by atoms with Crippen molar-refractivity contribution in [3.8, 4) is 11.8 Å². The first-order valence-electron chi connectivity index (χ1n) is 6.75. The molecule has 8 heteroatoms. The molecular formula is C15H13F3N4O. The van der Waals surface area contributed by atoms with Crippen LogP contribution in [0.4, 0.5) is 13.2 Å². The Bertz CT molecular complexity index is 787. The van der Waals surface area contributed by atoms with E-state index in [9.17, 15) is 23.2 Å². The molecule has 2 aromatic rings. The molecule has 23 heavy (non-hydrogen) atoms. The summed E-state index contributed by atoms with van der Waals surface area (Å²) in [6, 6.07) is 6.30. The van der Waals surface area contributed by atoms with Gasteiger partial charge in [-0.1, -0.05) is 13.0 Å². The van der Waals surface area contributed by atoms with E-state index in [4.69, 9.17) is 0 Å². The van der Waals surface area contributed by atoms with Gasteiger partial charge >= 0.3 is 6.18 Å². The van der Waals surface area contributed by atoms with Crippen molar-refractivity contribution in [1.29, 1.82) is 5.26 Å². The average Bonchev–Trinajstić information content (AvgIpc) is 2.92. The summed E-state index contributed by atoms with van der Waals surface area (Å²) in [7, 11) is 1.41. The Labute approximate surface area is 130 Å². The average molecular weight is 322 g/mol. The second kappa shape index (κ2) is 6.12. The van der Waals surface area contributed by atoms with E-state index in [-0.39, 0.29) is 16.9 Å². The molecule has 1 aromatic heterocycles. The largest absolute Gasteiger partial charge is 0.416 e. The highest BCUT2D eigenvalue weighted by atomic mass is 19.4. The maximum Gasteiger partial charge on any atom is 0.416 e. The third kappa shape index (κ3) is 3.04. The van der Waals surface area contributed by atoms with Crippen LogP contribution in [0.5, 0.6) is 0 Å². The smallest absolute Gasteiger partial charge is 0.355 e. The molecule has 0 aliphatic carbocycles. The summed E-state index contributed by atoms with van der Waals surface area (Å²) in [5.74, 6) is -0.503. The van der Waals surface area contributed by atoms with E-state index in [2.05, 4.69) is 10.4 Å². The van der Waals surface area contributed by atoms with Gasteiger partial charge in [-0.3, -0.25) is 4.79 Å². The van der Waals surface area contributed by atoms with Crippen molar-refractivity contribution in [3.63, 3.8) is 0 Å². The standard InChI is InChI=1S/C15H13F3N4O/c1-3-11-13(14(23)20-2)12(8-19)22(21-11)10-6-4-5-9(7-10)15(16,17)18/h4-7H,3H2,1-2H3,(H,20,23). The molecule has 5 nitrogen and oxygen atoms in total. The van der Waals surface area contributed by atoms with Crippen LogP contribution >= 0.6 is 0 Å². The van der Waals surface area contributed by atoms with Crippen molar-refractivity contribution in [3.05, 3.63) is 46.8 Å². The lowest BCUT2D eigenvalue weighted by molar-refractivity contribution is -0.137. The summed E-state index contributed by atoms with van der Waals surface area (Å²) in [5.41, 5.74) is -0.455. The van der Waals surface area contributed by atoms with Gasteiger partial charge in [-0.25, -0.2) is 4.68 Å². The third-order valence-corrected chi connectivity index (χ3v) is 3.27. The van der Waals surface area contributed by atoms with Gasteiger partial charge in [0.1, 0.15) is 6.07 Å². The lowest BCUT2D eigenvalue weighted by Gasteiger charge is -2.09. The van der Waals surface area contributed by atoms with Gasteiger partial charge in [0.05, 0.1) is 22.5 Å². The van der Waals surface area contributed by atoms with Crippen molar-refractivity contribution in [2.75, 3.05) is 7.05 Å². The van der Waals surface area contributed by atoms with Crippen molar-refractivity contribution in [2.45, 2.75) is 19.5 Å². The van der Waals surface area contributed by atoms with Gasteiger partial charge in [-0.05, 0) is 24.6 Å². The van der Waals surface area contributed by atoms with E-state index in [1.807, 2.05) is 6.07 Å². The zero-order valence-electron chi connectivity index (χ0n) is 12.4. The number of benzene rings is 1. The number of halogens is 3. The lowest BCUT2D eigenvalue weighted by atomic mass is 10.1. The van der Waals surface area contributed by atoms with Gasteiger partial charge in [0.15, 0.2) is 5.69 Å². The number of alkyl halides is 3.